The number of esters is 1. The molecule has 0 aromatic rings. The van der Waals surface area contributed by atoms with Gasteiger partial charge in [-0.2, -0.15) is 0 Å². The van der Waals surface area contributed by atoms with Crippen LogP contribution in [0.1, 0.15) is 167 Å². The van der Waals surface area contributed by atoms with Gasteiger partial charge in [0.25, 0.3) is 0 Å². The fraction of sp³-hybridized carbons (Fsp3) is 0.929. The van der Waals surface area contributed by atoms with Crippen molar-refractivity contribution in [2.75, 3.05) is 52.9 Å². The van der Waals surface area contributed by atoms with Crippen molar-refractivity contribution in [3.05, 3.63) is 30.3 Å². The molecule has 6 fully saturated rings. The lowest BCUT2D eigenvalue weighted by molar-refractivity contribution is -0.579. The lowest BCUT2D eigenvalue weighted by Crippen LogP contribution is -2.57. The van der Waals surface area contributed by atoms with E-state index in [-0.39, 0.29) is 76.3 Å². The molecule has 1 heterocycles. The highest BCUT2D eigenvalue weighted by Gasteiger charge is 2.45. The van der Waals surface area contributed by atoms with Gasteiger partial charge in [0, 0.05) is 53.3 Å². The number of morpholine rings is 1. The molecular formula is C42H76ClN5O15. The Bertz CT molecular complexity index is 1360. The van der Waals surface area contributed by atoms with E-state index in [0.29, 0.717) is 38.9 Å². The van der Waals surface area contributed by atoms with Crippen LogP contribution in [0.15, 0.2) is 0 Å². The fourth-order valence-corrected chi connectivity index (χ4v) is 9.22. The first-order valence-electron chi connectivity index (χ1n) is 22.7. The Morgan fingerprint density at radius 1 is 0.730 bits per heavy atom. The van der Waals surface area contributed by atoms with Crippen molar-refractivity contribution in [2.24, 2.45) is 0 Å². The van der Waals surface area contributed by atoms with Gasteiger partial charge in [-0.3, -0.25) is 35.1 Å². The molecule has 0 radical (unpaired) electrons. The van der Waals surface area contributed by atoms with Crippen LogP contribution in [0.3, 0.4) is 0 Å². The second-order valence-corrected chi connectivity index (χ2v) is 18.4. The summed E-state index contributed by atoms with van der Waals surface area (Å²) >= 11 is 6.24. The highest BCUT2D eigenvalue weighted by atomic mass is 35.5. The van der Waals surface area contributed by atoms with Gasteiger partial charge < -0.3 is 40.6 Å². The standard InChI is InChI=1S/C11H19NO5.C9H15ClO3.C9H15NO2.C7H13NO3.C6H11NO2.H3N/c1-2-17-10(13)8-16-9-11(12(14)15)6-4-3-5-7-11;10-9(4-2-1-3-5-9)7-13-6-8(11)12;11-8-6-12-7-9(10-8)4-2-1-3-5-9;9-6-7(8(10)11)4-2-1-3-5-7;8-7(9)6-4-2-1-3-5-6;/h2-9H2,1H3;1-7H2,(H,11,12);1-7H2,(H,10,11);9H,1-6H2;6H,1-5H2;1H3. The molecule has 1 spiro atoms. The van der Waals surface area contributed by atoms with E-state index < -0.39 is 23.0 Å². The van der Waals surface area contributed by atoms with Crippen LogP contribution in [0.4, 0.5) is 0 Å². The number of ether oxygens (including phenoxy) is 4. The smallest absolute Gasteiger partial charge is 0.332 e. The molecule has 366 valence electrons. The van der Waals surface area contributed by atoms with E-state index >= 15 is 0 Å². The summed E-state index contributed by atoms with van der Waals surface area (Å²) in [6.07, 6.45) is 23.9. The summed E-state index contributed by atoms with van der Waals surface area (Å²) in [5.41, 5.74) is -1.99. The maximum atomic E-state index is 11.1. The molecule has 1 saturated heterocycles. The monoisotopic (exact) mass is 926 g/mol. The number of carboxylic acid groups (broad SMARTS) is 1. The number of nitrogens with one attached hydrogen (secondary N) is 1. The average Bonchev–Trinajstić information content (AvgIpc) is 3.26. The van der Waals surface area contributed by atoms with Crippen molar-refractivity contribution in [1.82, 2.24) is 11.5 Å². The first-order valence-corrected chi connectivity index (χ1v) is 23.1. The summed E-state index contributed by atoms with van der Waals surface area (Å²) in [6, 6.07) is -0.223. The lowest BCUT2D eigenvalue weighted by Gasteiger charge is -2.40. The number of hydrogen-bond donors (Lipinski definition) is 4. The summed E-state index contributed by atoms with van der Waals surface area (Å²) < 4.78 is 20.1. The third-order valence-corrected chi connectivity index (χ3v) is 13.1. The van der Waals surface area contributed by atoms with Crippen molar-refractivity contribution in [2.45, 2.75) is 195 Å². The lowest BCUT2D eigenvalue weighted by atomic mass is 9.82. The zero-order chi connectivity index (χ0) is 45.9. The first kappa shape index (κ1) is 57.7. The van der Waals surface area contributed by atoms with E-state index in [9.17, 15) is 44.7 Å². The molecule has 20 nitrogen and oxygen atoms in total. The van der Waals surface area contributed by atoms with Crippen molar-refractivity contribution >= 4 is 29.4 Å². The predicted octanol–water partition coefficient (Wildman–Crippen LogP) is 7.13. The quantitative estimate of drug-likeness (QED) is 0.0618. The number of carboxylic acids is 1. The molecule has 21 heteroatoms. The molecule has 6 aliphatic rings. The van der Waals surface area contributed by atoms with Crippen LogP contribution >= 0.6 is 11.6 Å². The third kappa shape index (κ3) is 22.0. The molecule has 0 unspecified atom stereocenters. The number of hydrogen-bond acceptors (Lipinski definition) is 15. The highest BCUT2D eigenvalue weighted by molar-refractivity contribution is 6.24. The van der Waals surface area contributed by atoms with E-state index in [4.69, 9.17) is 40.8 Å². The average molecular weight is 927 g/mol. The Hall–Kier alpha value is -3.30. The minimum absolute atomic E-state index is 0. The van der Waals surface area contributed by atoms with Gasteiger partial charge >= 0.3 is 11.9 Å². The van der Waals surface area contributed by atoms with Crippen LogP contribution < -0.4 is 11.5 Å². The van der Waals surface area contributed by atoms with Crippen molar-refractivity contribution in [1.29, 1.82) is 0 Å². The Morgan fingerprint density at radius 2 is 1.19 bits per heavy atom. The van der Waals surface area contributed by atoms with Gasteiger partial charge in [0.1, 0.15) is 33.0 Å². The minimum atomic E-state index is -1.00. The Kier molecular flexibility index (Phi) is 28.2. The summed E-state index contributed by atoms with van der Waals surface area (Å²) in [5, 5.41) is 52.1. The number of nitrogens with zero attached hydrogens (tertiary/aromatic N) is 3. The molecule has 0 bridgehead atoms. The number of halogens is 1. The van der Waals surface area contributed by atoms with E-state index in [1.165, 1.54) is 32.1 Å². The Morgan fingerprint density at radius 3 is 1.60 bits per heavy atom. The fourth-order valence-electron chi connectivity index (χ4n) is 8.87. The van der Waals surface area contributed by atoms with Crippen LogP contribution in [-0.4, -0.2) is 123 Å². The van der Waals surface area contributed by atoms with Crippen LogP contribution in [0.25, 0.3) is 0 Å². The molecular weight excluding hydrogens is 850 g/mol. The summed E-state index contributed by atoms with van der Waals surface area (Å²) in [7, 11) is 0. The van der Waals surface area contributed by atoms with Gasteiger partial charge in [0.15, 0.2) is 0 Å². The summed E-state index contributed by atoms with van der Waals surface area (Å²) in [4.78, 5) is 63.1. The van der Waals surface area contributed by atoms with E-state index in [2.05, 4.69) is 5.32 Å². The molecule has 5 saturated carbocycles. The number of carbonyl (C=O) groups excluding carboxylic acids is 2. The van der Waals surface area contributed by atoms with Gasteiger partial charge in [-0.1, -0.05) is 57.8 Å². The largest absolute Gasteiger partial charge is 0.480 e. The normalized spacial score (nSPS) is 22.0. The van der Waals surface area contributed by atoms with Crippen molar-refractivity contribution in [3.8, 4) is 0 Å². The molecule has 0 aromatic carbocycles. The van der Waals surface area contributed by atoms with Crippen LogP contribution in [0.5, 0.6) is 0 Å². The summed E-state index contributed by atoms with van der Waals surface area (Å²) in [5.74, 6) is -1.35. The molecule has 5 aliphatic carbocycles. The first-order chi connectivity index (χ1) is 29.6. The van der Waals surface area contributed by atoms with Gasteiger partial charge in [-0.25, -0.2) is 9.59 Å². The van der Waals surface area contributed by atoms with Gasteiger partial charge in [0.2, 0.25) is 23.0 Å². The van der Waals surface area contributed by atoms with E-state index in [0.717, 1.165) is 109 Å². The number of aliphatic hydroxyl groups is 1. The number of aliphatic carboxylic acids is 1. The SMILES string of the molecule is CCOC(=O)COCC1([N+](=O)[O-])CCCCC1.N.O=C(O)COCC1(Cl)CCCCC1.O=C1COCC2(CCCCC2)N1.O=[N+]([O-])C1(CO)CCCCC1.O=[N+]([O-])C1CCCCC1. The van der Waals surface area contributed by atoms with Crippen LogP contribution in [-0.2, 0) is 33.3 Å². The van der Waals surface area contributed by atoms with E-state index in [1.807, 2.05) is 0 Å². The maximum Gasteiger partial charge on any atom is 0.332 e. The van der Waals surface area contributed by atoms with E-state index in [1.54, 1.807) is 6.92 Å². The summed E-state index contributed by atoms with van der Waals surface area (Å²) in [6.45, 7) is 2.58. The van der Waals surface area contributed by atoms with Gasteiger partial charge in [0.05, 0.1) is 30.2 Å². The third-order valence-electron chi connectivity index (χ3n) is 12.6. The number of aliphatic hydroxyl groups excluding tert-OH is 1. The van der Waals surface area contributed by atoms with Gasteiger partial charge in [-0.15, -0.1) is 11.6 Å². The topological polar surface area (TPSA) is 305 Å². The number of amides is 1. The number of rotatable bonds is 13. The number of alkyl halides is 1. The molecule has 1 aliphatic heterocycles. The molecule has 63 heavy (non-hydrogen) atoms. The van der Waals surface area contributed by atoms with Gasteiger partial charge in [-0.05, 0) is 71.1 Å². The van der Waals surface area contributed by atoms with Crippen LogP contribution in [0.2, 0.25) is 0 Å². The maximum absolute atomic E-state index is 11.1. The number of carbonyl (C=O) groups is 3. The molecule has 6 rings (SSSR count). The highest BCUT2D eigenvalue weighted by Crippen LogP contribution is 2.35. The predicted molar refractivity (Wildman–Crippen MR) is 234 cm³/mol. The second-order valence-electron chi connectivity index (χ2n) is 17.6. The zero-order valence-corrected chi connectivity index (χ0v) is 38.3. The Balaban J connectivity index is 0.000000398. The Labute approximate surface area is 376 Å². The van der Waals surface area contributed by atoms with Crippen molar-refractivity contribution in [3.63, 3.8) is 0 Å². The minimum Gasteiger partial charge on any atom is -0.480 e. The molecule has 1 amide bonds. The van der Waals surface area contributed by atoms with Crippen LogP contribution in [0, 0.1) is 30.3 Å². The molecule has 6 N–H and O–H groups in total. The molecule has 0 aromatic heterocycles. The second kappa shape index (κ2) is 30.8. The number of nitro groups is 3. The molecule has 0 atom stereocenters. The zero-order valence-electron chi connectivity index (χ0n) is 37.5. The van der Waals surface area contributed by atoms with Crippen molar-refractivity contribution < 1.29 is 58.3 Å².